The molecule has 0 amide bonds. The molecule has 0 bridgehead atoms. The molecule has 5 heteroatoms. The summed E-state index contributed by atoms with van der Waals surface area (Å²) in [5.41, 5.74) is 1.14. The monoisotopic (exact) mass is 328 g/mol. The highest BCUT2D eigenvalue weighted by atomic mass is 31.2. The van der Waals surface area contributed by atoms with Crippen molar-refractivity contribution < 1.29 is 18.1 Å². The molecule has 1 rings (SSSR count). The Hall–Kier alpha value is -0.670. The first-order valence-corrected chi connectivity index (χ1v) is 9.67. The number of unbranched alkanes of at least 4 members (excludes halogenated alkanes) is 2. The lowest BCUT2D eigenvalue weighted by molar-refractivity contribution is 0.0830. The number of phosphoric acid groups is 1. The number of benzene rings is 1. The Morgan fingerprint density at radius 1 is 1.00 bits per heavy atom. The Bertz CT molecular complexity index is 422. The highest BCUT2D eigenvalue weighted by Gasteiger charge is 2.29. The van der Waals surface area contributed by atoms with E-state index < -0.39 is 7.82 Å². The Labute approximate surface area is 134 Å². The molecule has 0 N–H and O–H groups in total. The maximum absolute atomic E-state index is 12.7. The summed E-state index contributed by atoms with van der Waals surface area (Å²) in [5.74, 6) is 0. The van der Waals surface area contributed by atoms with Gasteiger partial charge < -0.3 is 0 Å². The molecule has 0 aliphatic rings. The molecule has 1 unspecified atom stereocenters. The smallest absolute Gasteiger partial charge is 0.287 e. The van der Waals surface area contributed by atoms with E-state index in [4.69, 9.17) is 13.6 Å². The Morgan fingerprint density at radius 2 is 1.55 bits per heavy atom. The van der Waals surface area contributed by atoms with Gasteiger partial charge in [0.1, 0.15) is 0 Å². The predicted octanol–water partition coefficient (Wildman–Crippen LogP) is 5.38. The SMILES string of the molecule is CCCCOP(=O)(OCCCC)OC(C)Cc1ccccc1. The third-order valence-electron chi connectivity index (χ3n) is 3.17. The largest absolute Gasteiger partial charge is 0.475 e. The fourth-order valence-electron chi connectivity index (χ4n) is 1.94. The Morgan fingerprint density at radius 3 is 2.05 bits per heavy atom. The van der Waals surface area contributed by atoms with Crippen LogP contribution in [0.15, 0.2) is 30.3 Å². The van der Waals surface area contributed by atoms with Crippen molar-refractivity contribution >= 4 is 7.82 Å². The molecule has 0 saturated carbocycles. The van der Waals surface area contributed by atoms with E-state index in [9.17, 15) is 4.57 Å². The normalized spacial score (nSPS) is 13.2. The molecule has 0 aromatic heterocycles. The molecule has 0 aliphatic heterocycles. The number of hydrogen-bond acceptors (Lipinski definition) is 4. The van der Waals surface area contributed by atoms with Crippen molar-refractivity contribution in [3.8, 4) is 0 Å². The topological polar surface area (TPSA) is 44.8 Å². The maximum Gasteiger partial charge on any atom is 0.475 e. The van der Waals surface area contributed by atoms with E-state index in [1.54, 1.807) is 0 Å². The van der Waals surface area contributed by atoms with Crippen LogP contribution in [0.5, 0.6) is 0 Å². The standard InChI is InChI=1S/C17H29O4P/c1-4-6-13-19-22(18,20-14-7-5-2)21-16(3)15-17-11-9-8-10-12-17/h8-12,16H,4-7,13-15H2,1-3H3. The zero-order chi connectivity index (χ0) is 16.3. The van der Waals surface area contributed by atoms with Crippen LogP contribution in [-0.2, 0) is 24.6 Å². The summed E-state index contributed by atoms with van der Waals surface area (Å²) in [4.78, 5) is 0. The van der Waals surface area contributed by atoms with E-state index in [0.717, 1.165) is 31.2 Å². The number of hydrogen-bond donors (Lipinski definition) is 0. The molecule has 126 valence electrons. The van der Waals surface area contributed by atoms with Crippen LogP contribution < -0.4 is 0 Å². The minimum atomic E-state index is -3.47. The third kappa shape index (κ3) is 8.09. The first kappa shape index (κ1) is 19.4. The van der Waals surface area contributed by atoms with Crippen LogP contribution in [-0.4, -0.2) is 19.3 Å². The molecule has 0 heterocycles. The molecular formula is C17H29O4P. The molecule has 0 spiro atoms. The summed E-state index contributed by atoms with van der Waals surface area (Å²) in [5, 5.41) is 0. The van der Waals surface area contributed by atoms with Crippen molar-refractivity contribution in [2.75, 3.05) is 13.2 Å². The highest BCUT2D eigenvalue weighted by molar-refractivity contribution is 7.48. The fraction of sp³-hybridized carbons (Fsp3) is 0.647. The highest BCUT2D eigenvalue weighted by Crippen LogP contribution is 2.51. The summed E-state index contributed by atoms with van der Waals surface area (Å²) in [6, 6.07) is 10.00. The summed E-state index contributed by atoms with van der Waals surface area (Å²) in [6.45, 7) is 6.82. The average Bonchev–Trinajstić information content (AvgIpc) is 2.48. The Balaban J connectivity index is 2.55. The number of phosphoric ester groups is 1. The van der Waals surface area contributed by atoms with Gasteiger partial charge in [-0.25, -0.2) is 4.57 Å². The molecule has 1 aromatic carbocycles. The van der Waals surface area contributed by atoms with Gasteiger partial charge in [-0.15, -0.1) is 0 Å². The summed E-state index contributed by atoms with van der Waals surface area (Å²) in [6.07, 6.45) is 4.11. The Kier molecular flexibility index (Phi) is 9.65. The van der Waals surface area contributed by atoms with E-state index in [1.165, 1.54) is 0 Å². The van der Waals surface area contributed by atoms with E-state index >= 15 is 0 Å². The van der Waals surface area contributed by atoms with Crippen molar-refractivity contribution in [1.82, 2.24) is 0 Å². The van der Waals surface area contributed by atoms with Crippen molar-refractivity contribution in [3.63, 3.8) is 0 Å². The molecule has 1 atom stereocenters. The second-order valence-electron chi connectivity index (χ2n) is 5.43. The van der Waals surface area contributed by atoms with Crippen LogP contribution in [0.25, 0.3) is 0 Å². The lowest BCUT2D eigenvalue weighted by atomic mass is 10.1. The van der Waals surface area contributed by atoms with Crippen LogP contribution >= 0.6 is 7.82 Å². The van der Waals surface area contributed by atoms with Crippen LogP contribution in [0.1, 0.15) is 52.0 Å². The van der Waals surface area contributed by atoms with Gasteiger partial charge in [0.05, 0.1) is 19.3 Å². The maximum atomic E-state index is 12.7. The molecule has 0 aliphatic carbocycles. The second kappa shape index (κ2) is 11.0. The summed E-state index contributed by atoms with van der Waals surface area (Å²) >= 11 is 0. The zero-order valence-electron chi connectivity index (χ0n) is 14.0. The quantitative estimate of drug-likeness (QED) is 0.382. The van der Waals surface area contributed by atoms with Gasteiger partial charge in [-0.2, -0.15) is 0 Å². The third-order valence-corrected chi connectivity index (χ3v) is 4.79. The van der Waals surface area contributed by atoms with Gasteiger partial charge in [0.2, 0.25) is 0 Å². The summed E-state index contributed by atoms with van der Waals surface area (Å²) < 4.78 is 29.2. The van der Waals surface area contributed by atoms with Crippen molar-refractivity contribution in [3.05, 3.63) is 35.9 Å². The lowest BCUT2D eigenvalue weighted by Gasteiger charge is -2.22. The van der Waals surface area contributed by atoms with Gasteiger partial charge >= 0.3 is 7.82 Å². The lowest BCUT2D eigenvalue weighted by Crippen LogP contribution is -2.13. The zero-order valence-corrected chi connectivity index (χ0v) is 14.9. The molecular weight excluding hydrogens is 299 g/mol. The van der Waals surface area contributed by atoms with Crippen LogP contribution in [0, 0.1) is 0 Å². The summed E-state index contributed by atoms with van der Waals surface area (Å²) in [7, 11) is -3.47. The minimum Gasteiger partial charge on any atom is -0.287 e. The van der Waals surface area contributed by atoms with Gasteiger partial charge in [0, 0.05) is 0 Å². The molecule has 0 saturated heterocycles. The number of rotatable bonds is 12. The predicted molar refractivity (Wildman–Crippen MR) is 90.0 cm³/mol. The van der Waals surface area contributed by atoms with Crippen molar-refractivity contribution in [2.24, 2.45) is 0 Å². The molecule has 1 aromatic rings. The van der Waals surface area contributed by atoms with Gasteiger partial charge in [0.15, 0.2) is 0 Å². The van der Waals surface area contributed by atoms with Gasteiger partial charge in [-0.3, -0.25) is 13.6 Å². The molecule has 4 nitrogen and oxygen atoms in total. The van der Waals surface area contributed by atoms with Gasteiger partial charge in [-0.1, -0.05) is 57.0 Å². The van der Waals surface area contributed by atoms with Crippen LogP contribution in [0.2, 0.25) is 0 Å². The second-order valence-corrected chi connectivity index (χ2v) is 7.05. The van der Waals surface area contributed by atoms with E-state index in [2.05, 4.69) is 13.8 Å². The molecule has 0 fully saturated rings. The van der Waals surface area contributed by atoms with E-state index in [0.29, 0.717) is 19.6 Å². The van der Waals surface area contributed by atoms with Crippen LogP contribution in [0.4, 0.5) is 0 Å². The average molecular weight is 328 g/mol. The first-order chi connectivity index (χ1) is 10.6. The minimum absolute atomic E-state index is 0.225. The van der Waals surface area contributed by atoms with E-state index in [1.807, 2.05) is 37.3 Å². The fourth-order valence-corrected chi connectivity index (χ4v) is 3.36. The van der Waals surface area contributed by atoms with Crippen LogP contribution in [0.3, 0.4) is 0 Å². The van der Waals surface area contributed by atoms with Gasteiger partial charge in [0.25, 0.3) is 0 Å². The van der Waals surface area contributed by atoms with Crippen molar-refractivity contribution in [1.29, 1.82) is 0 Å². The van der Waals surface area contributed by atoms with Crippen molar-refractivity contribution in [2.45, 2.75) is 59.0 Å². The first-order valence-electron chi connectivity index (χ1n) is 8.21. The molecule has 22 heavy (non-hydrogen) atoms. The van der Waals surface area contributed by atoms with E-state index in [-0.39, 0.29) is 6.10 Å². The van der Waals surface area contributed by atoms with Gasteiger partial charge in [-0.05, 0) is 31.7 Å². The molecule has 0 radical (unpaired) electrons.